The van der Waals surface area contributed by atoms with Gasteiger partial charge in [-0.25, -0.2) is 4.39 Å². The van der Waals surface area contributed by atoms with Gasteiger partial charge in [0, 0.05) is 23.9 Å². The average Bonchev–Trinajstić information content (AvgIpc) is 2.38. The number of hydrogen-bond donors (Lipinski definition) is 1. The largest absolute Gasteiger partial charge is 0.382 e. The van der Waals surface area contributed by atoms with Crippen LogP contribution in [0.15, 0.2) is 42.5 Å². The van der Waals surface area contributed by atoms with Gasteiger partial charge in [0.15, 0.2) is 0 Å². The van der Waals surface area contributed by atoms with Crippen molar-refractivity contribution in [3.8, 4) is 0 Å². The maximum Gasteiger partial charge on any atom is 0.304 e. The van der Waals surface area contributed by atoms with E-state index in [-0.39, 0.29) is 11.9 Å². The first-order valence-corrected chi connectivity index (χ1v) is 6.40. The molecule has 1 N–H and O–H groups in total. The highest BCUT2D eigenvalue weighted by atomic mass is 19.1. The van der Waals surface area contributed by atoms with E-state index in [0.29, 0.717) is 12.1 Å². The molecular formula is C15H14F2N2O2. The van der Waals surface area contributed by atoms with Gasteiger partial charge in [0.05, 0.1) is 4.92 Å². The van der Waals surface area contributed by atoms with Crippen molar-refractivity contribution in [2.24, 2.45) is 0 Å². The molecule has 1 atom stereocenters. The molecule has 6 heteroatoms. The lowest BCUT2D eigenvalue weighted by Gasteiger charge is -2.15. The normalized spacial score (nSPS) is 12.0. The average molecular weight is 292 g/mol. The zero-order valence-electron chi connectivity index (χ0n) is 11.3. The van der Waals surface area contributed by atoms with E-state index in [9.17, 15) is 18.9 Å². The molecule has 0 radical (unpaired) electrons. The van der Waals surface area contributed by atoms with Gasteiger partial charge in [-0.15, -0.1) is 0 Å². The Hall–Kier alpha value is -2.50. The molecule has 0 aliphatic carbocycles. The fourth-order valence-corrected chi connectivity index (χ4v) is 2.10. The Bertz CT molecular complexity index is 662. The standard InChI is InChI=1S/C15H14F2N2O2/c1-10(7-11-3-2-4-12(16)8-11)18-13-5-6-15(19(20)21)14(17)9-13/h2-6,8-10,18H,7H2,1H3. The first-order chi connectivity index (χ1) is 9.95. The third-order valence-corrected chi connectivity index (χ3v) is 2.99. The van der Waals surface area contributed by atoms with Crippen molar-refractivity contribution < 1.29 is 13.7 Å². The quantitative estimate of drug-likeness (QED) is 0.671. The molecule has 0 aliphatic rings. The number of nitrogens with zero attached hydrogens (tertiary/aromatic N) is 1. The molecule has 0 bridgehead atoms. The van der Waals surface area contributed by atoms with E-state index in [1.54, 1.807) is 12.1 Å². The van der Waals surface area contributed by atoms with Gasteiger partial charge in [0.1, 0.15) is 5.82 Å². The summed E-state index contributed by atoms with van der Waals surface area (Å²) >= 11 is 0. The second-order valence-corrected chi connectivity index (χ2v) is 4.80. The first-order valence-electron chi connectivity index (χ1n) is 6.40. The van der Waals surface area contributed by atoms with E-state index in [1.807, 2.05) is 6.92 Å². The van der Waals surface area contributed by atoms with E-state index in [0.717, 1.165) is 17.7 Å². The summed E-state index contributed by atoms with van der Waals surface area (Å²) in [4.78, 5) is 9.77. The molecule has 2 aromatic rings. The summed E-state index contributed by atoms with van der Waals surface area (Å²) in [6, 6.07) is 9.81. The van der Waals surface area contributed by atoms with Crippen LogP contribution in [0.1, 0.15) is 12.5 Å². The van der Waals surface area contributed by atoms with Gasteiger partial charge < -0.3 is 5.32 Å². The van der Waals surface area contributed by atoms with Gasteiger partial charge in [-0.1, -0.05) is 12.1 Å². The van der Waals surface area contributed by atoms with Crippen LogP contribution in [0.4, 0.5) is 20.2 Å². The minimum absolute atomic E-state index is 0.0762. The zero-order valence-corrected chi connectivity index (χ0v) is 11.3. The minimum atomic E-state index is -0.886. The van der Waals surface area contributed by atoms with Crippen LogP contribution in [0, 0.1) is 21.7 Å². The van der Waals surface area contributed by atoms with Gasteiger partial charge in [-0.2, -0.15) is 4.39 Å². The molecule has 0 heterocycles. The summed E-state index contributed by atoms with van der Waals surface area (Å²) in [6.07, 6.45) is 0.552. The van der Waals surface area contributed by atoms with Gasteiger partial charge in [-0.05, 0) is 37.1 Å². The maximum atomic E-state index is 13.5. The molecular weight excluding hydrogens is 278 g/mol. The molecule has 0 aromatic heterocycles. The number of nitro benzene ring substituents is 1. The second-order valence-electron chi connectivity index (χ2n) is 4.80. The first kappa shape index (κ1) is 14.9. The number of rotatable bonds is 5. The van der Waals surface area contributed by atoms with Crippen LogP contribution in [0.25, 0.3) is 0 Å². The van der Waals surface area contributed by atoms with Crippen LogP contribution in [0.5, 0.6) is 0 Å². The number of anilines is 1. The van der Waals surface area contributed by atoms with Crippen LogP contribution in [0.2, 0.25) is 0 Å². The van der Waals surface area contributed by atoms with Crippen molar-refractivity contribution in [1.29, 1.82) is 0 Å². The van der Waals surface area contributed by atoms with E-state index < -0.39 is 16.4 Å². The number of benzene rings is 2. The molecule has 0 fully saturated rings. The van der Waals surface area contributed by atoms with Crippen LogP contribution in [0.3, 0.4) is 0 Å². The zero-order chi connectivity index (χ0) is 15.4. The van der Waals surface area contributed by atoms with Gasteiger partial charge in [0.25, 0.3) is 0 Å². The molecule has 0 saturated heterocycles. The molecule has 2 aromatic carbocycles. The second kappa shape index (κ2) is 6.30. The molecule has 21 heavy (non-hydrogen) atoms. The van der Waals surface area contributed by atoms with Crippen LogP contribution >= 0.6 is 0 Å². The Morgan fingerprint density at radius 3 is 2.62 bits per heavy atom. The van der Waals surface area contributed by atoms with Crippen LogP contribution in [-0.2, 0) is 6.42 Å². The highest BCUT2D eigenvalue weighted by Gasteiger charge is 2.14. The molecule has 0 saturated carbocycles. The molecule has 0 amide bonds. The fraction of sp³-hybridized carbons (Fsp3) is 0.200. The Morgan fingerprint density at radius 1 is 1.24 bits per heavy atom. The Morgan fingerprint density at radius 2 is 2.00 bits per heavy atom. The minimum Gasteiger partial charge on any atom is -0.382 e. The summed E-state index contributed by atoms with van der Waals surface area (Å²) in [7, 11) is 0. The summed E-state index contributed by atoms with van der Waals surface area (Å²) < 4.78 is 26.6. The molecule has 4 nitrogen and oxygen atoms in total. The number of hydrogen-bond acceptors (Lipinski definition) is 3. The summed E-state index contributed by atoms with van der Waals surface area (Å²) in [5.74, 6) is -1.19. The van der Waals surface area contributed by atoms with Crippen molar-refractivity contribution >= 4 is 11.4 Å². The lowest BCUT2D eigenvalue weighted by atomic mass is 10.1. The SMILES string of the molecule is CC(Cc1cccc(F)c1)Nc1ccc([N+](=O)[O-])c(F)c1. The Balaban J connectivity index is 2.04. The summed E-state index contributed by atoms with van der Waals surface area (Å²) in [5, 5.41) is 13.6. The van der Waals surface area contributed by atoms with E-state index in [1.165, 1.54) is 18.2 Å². The Labute approximate surface area is 120 Å². The monoisotopic (exact) mass is 292 g/mol. The molecule has 2 rings (SSSR count). The summed E-state index contributed by atoms with van der Waals surface area (Å²) in [6.45, 7) is 1.87. The lowest BCUT2D eigenvalue weighted by Crippen LogP contribution is -2.18. The fourth-order valence-electron chi connectivity index (χ4n) is 2.10. The lowest BCUT2D eigenvalue weighted by molar-refractivity contribution is -0.387. The van der Waals surface area contributed by atoms with Crippen molar-refractivity contribution in [2.45, 2.75) is 19.4 Å². The third-order valence-electron chi connectivity index (χ3n) is 2.99. The highest BCUT2D eigenvalue weighted by molar-refractivity contribution is 5.50. The third kappa shape index (κ3) is 3.98. The molecule has 0 spiro atoms. The van der Waals surface area contributed by atoms with Gasteiger partial charge in [-0.3, -0.25) is 10.1 Å². The van der Waals surface area contributed by atoms with Gasteiger partial charge in [0.2, 0.25) is 5.82 Å². The predicted molar refractivity (Wildman–Crippen MR) is 76.2 cm³/mol. The molecule has 110 valence electrons. The number of nitrogens with one attached hydrogen (secondary N) is 1. The smallest absolute Gasteiger partial charge is 0.304 e. The maximum absolute atomic E-state index is 13.5. The molecule has 0 aliphatic heterocycles. The Kier molecular flexibility index (Phi) is 4.47. The van der Waals surface area contributed by atoms with E-state index in [4.69, 9.17) is 0 Å². The highest BCUT2D eigenvalue weighted by Crippen LogP contribution is 2.21. The van der Waals surface area contributed by atoms with Crippen molar-refractivity contribution in [1.82, 2.24) is 0 Å². The topological polar surface area (TPSA) is 55.2 Å². The van der Waals surface area contributed by atoms with Crippen LogP contribution < -0.4 is 5.32 Å². The van der Waals surface area contributed by atoms with Crippen LogP contribution in [-0.4, -0.2) is 11.0 Å². The van der Waals surface area contributed by atoms with E-state index >= 15 is 0 Å². The van der Waals surface area contributed by atoms with E-state index in [2.05, 4.69) is 5.32 Å². The van der Waals surface area contributed by atoms with Gasteiger partial charge >= 0.3 is 5.69 Å². The van der Waals surface area contributed by atoms with Crippen molar-refractivity contribution in [3.63, 3.8) is 0 Å². The van der Waals surface area contributed by atoms with Crippen molar-refractivity contribution in [3.05, 3.63) is 69.8 Å². The number of halogens is 2. The predicted octanol–water partition coefficient (Wildman–Crippen LogP) is 3.92. The summed E-state index contributed by atoms with van der Waals surface area (Å²) in [5.41, 5.74) is 0.706. The van der Waals surface area contributed by atoms with Crippen molar-refractivity contribution in [2.75, 3.05) is 5.32 Å². The molecule has 1 unspecified atom stereocenters. The number of nitro groups is 1.